The topological polar surface area (TPSA) is 126 Å². The number of likely N-dealkylation sites (tertiary alicyclic amines) is 1. The molecule has 19 heavy (non-hydrogen) atoms. The van der Waals surface area contributed by atoms with E-state index >= 15 is 0 Å². The van der Waals surface area contributed by atoms with Crippen molar-refractivity contribution in [1.29, 1.82) is 5.41 Å². The second-order valence-corrected chi connectivity index (χ2v) is 4.47. The fraction of sp³-hybridized carbons (Fsp3) is 0.500. The van der Waals surface area contributed by atoms with Gasteiger partial charge in [-0.3, -0.25) is 15.1 Å². The van der Waals surface area contributed by atoms with Gasteiger partial charge in [0.2, 0.25) is 0 Å². The number of nitrogens with zero attached hydrogens (tertiary/aromatic N) is 1. The monoisotopic (exact) mass is 266 g/mol. The Labute approximate surface area is 111 Å². The summed E-state index contributed by atoms with van der Waals surface area (Å²) in [6.07, 6.45) is -0.0635. The van der Waals surface area contributed by atoms with E-state index in [1.807, 2.05) is 0 Å². The van der Waals surface area contributed by atoms with E-state index in [-0.39, 0.29) is 18.3 Å². The first-order valence-electron chi connectivity index (χ1n) is 6.15. The zero-order valence-corrected chi connectivity index (χ0v) is 10.8. The fourth-order valence-corrected chi connectivity index (χ4v) is 2.30. The number of amidine groups is 1. The van der Waals surface area contributed by atoms with Gasteiger partial charge >= 0.3 is 0 Å². The SMILES string of the molecule is CCOC(O)CN1C(=N)C2=C(N)CCC(N)=C2C1=O. The molecule has 0 saturated carbocycles. The lowest BCUT2D eigenvalue weighted by Crippen LogP contribution is -2.37. The third-order valence-electron chi connectivity index (χ3n) is 3.22. The minimum absolute atomic E-state index is 0.0149. The number of allylic oxidation sites excluding steroid dienone is 2. The molecule has 1 aliphatic carbocycles. The van der Waals surface area contributed by atoms with Crippen molar-refractivity contribution in [2.75, 3.05) is 13.2 Å². The number of carbonyl (C=O) groups excluding carboxylic acids is 1. The predicted octanol–water partition coefficient (Wildman–Crippen LogP) is -0.620. The largest absolute Gasteiger partial charge is 0.401 e. The zero-order chi connectivity index (χ0) is 14.2. The molecule has 1 heterocycles. The molecule has 0 radical (unpaired) electrons. The number of aliphatic hydroxyl groups is 1. The number of fused-ring (bicyclic) bond motifs is 1. The van der Waals surface area contributed by atoms with Crippen molar-refractivity contribution in [1.82, 2.24) is 4.90 Å². The summed E-state index contributed by atoms with van der Waals surface area (Å²) in [6.45, 7) is 1.96. The maximum absolute atomic E-state index is 12.2. The number of ether oxygens (including phenoxy) is 1. The van der Waals surface area contributed by atoms with E-state index in [9.17, 15) is 9.90 Å². The summed E-state index contributed by atoms with van der Waals surface area (Å²) in [5.74, 6) is -0.405. The van der Waals surface area contributed by atoms with E-state index in [1.165, 1.54) is 0 Å². The first-order chi connectivity index (χ1) is 8.97. The van der Waals surface area contributed by atoms with Crippen LogP contribution in [-0.4, -0.2) is 41.2 Å². The summed E-state index contributed by atoms with van der Waals surface area (Å²) >= 11 is 0. The first kappa shape index (κ1) is 13.6. The van der Waals surface area contributed by atoms with Crippen LogP contribution in [0, 0.1) is 5.41 Å². The molecule has 7 nitrogen and oxygen atoms in total. The second-order valence-electron chi connectivity index (χ2n) is 4.47. The highest BCUT2D eigenvalue weighted by Gasteiger charge is 2.41. The van der Waals surface area contributed by atoms with E-state index in [4.69, 9.17) is 21.6 Å². The van der Waals surface area contributed by atoms with Gasteiger partial charge in [0.25, 0.3) is 5.91 Å². The second kappa shape index (κ2) is 5.02. The molecule has 0 spiro atoms. The number of rotatable bonds is 4. The summed E-state index contributed by atoms with van der Waals surface area (Å²) in [4.78, 5) is 13.4. The number of amides is 1. The normalized spacial score (nSPS) is 21.3. The lowest BCUT2D eigenvalue weighted by molar-refractivity contribution is -0.132. The number of β-amino-alcohol motifs (C(OH)–C–C–N with tert-alkyl or cyclic N) is 1. The molecule has 1 fully saturated rings. The molecule has 1 aliphatic heterocycles. The Hall–Kier alpha value is -1.86. The van der Waals surface area contributed by atoms with Gasteiger partial charge in [0.1, 0.15) is 5.84 Å². The first-order valence-corrected chi connectivity index (χ1v) is 6.15. The molecule has 1 saturated heterocycles. The number of carbonyl (C=O) groups is 1. The summed E-state index contributed by atoms with van der Waals surface area (Å²) < 4.78 is 4.98. The van der Waals surface area contributed by atoms with Crippen LogP contribution in [0.4, 0.5) is 0 Å². The van der Waals surface area contributed by atoms with Crippen molar-refractivity contribution in [3.05, 3.63) is 22.5 Å². The van der Waals surface area contributed by atoms with Gasteiger partial charge in [0, 0.05) is 18.0 Å². The lowest BCUT2D eigenvalue weighted by Gasteiger charge is -2.19. The van der Waals surface area contributed by atoms with Crippen LogP contribution in [0.1, 0.15) is 19.8 Å². The molecule has 2 aliphatic rings. The van der Waals surface area contributed by atoms with Crippen LogP contribution in [0.15, 0.2) is 22.5 Å². The van der Waals surface area contributed by atoms with Crippen LogP contribution >= 0.6 is 0 Å². The summed E-state index contributed by atoms with van der Waals surface area (Å²) in [5, 5.41) is 17.6. The van der Waals surface area contributed by atoms with E-state index in [0.717, 1.165) is 4.90 Å². The van der Waals surface area contributed by atoms with Gasteiger partial charge in [-0.15, -0.1) is 0 Å². The van der Waals surface area contributed by atoms with Crippen molar-refractivity contribution in [3.63, 3.8) is 0 Å². The van der Waals surface area contributed by atoms with Gasteiger partial charge in [0.05, 0.1) is 17.7 Å². The van der Waals surface area contributed by atoms with Crippen LogP contribution in [0.3, 0.4) is 0 Å². The average molecular weight is 266 g/mol. The number of nitrogens with two attached hydrogens (primary N) is 2. The third-order valence-corrected chi connectivity index (χ3v) is 3.22. The lowest BCUT2D eigenvalue weighted by atomic mass is 9.94. The van der Waals surface area contributed by atoms with Gasteiger partial charge in [0.15, 0.2) is 6.29 Å². The van der Waals surface area contributed by atoms with E-state index < -0.39 is 6.29 Å². The molecule has 0 aromatic carbocycles. The zero-order valence-electron chi connectivity index (χ0n) is 10.8. The van der Waals surface area contributed by atoms with Gasteiger partial charge in [-0.2, -0.15) is 0 Å². The molecular formula is C12H18N4O3. The minimum Gasteiger partial charge on any atom is -0.401 e. The van der Waals surface area contributed by atoms with Gasteiger partial charge in [-0.25, -0.2) is 0 Å². The number of hydrogen-bond acceptors (Lipinski definition) is 6. The Morgan fingerprint density at radius 3 is 2.47 bits per heavy atom. The van der Waals surface area contributed by atoms with Crippen LogP contribution in [0.5, 0.6) is 0 Å². The molecule has 6 N–H and O–H groups in total. The molecule has 0 aromatic heterocycles. The minimum atomic E-state index is -1.13. The molecule has 104 valence electrons. The maximum Gasteiger partial charge on any atom is 0.262 e. The van der Waals surface area contributed by atoms with E-state index in [0.29, 0.717) is 42.0 Å². The summed E-state index contributed by atoms with van der Waals surface area (Å²) in [5.41, 5.74) is 13.4. The van der Waals surface area contributed by atoms with Crippen LogP contribution < -0.4 is 11.5 Å². The van der Waals surface area contributed by atoms with E-state index in [1.54, 1.807) is 6.92 Å². The number of hydrogen-bond donors (Lipinski definition) is 4. The molecule has 1 amide bonds. The number of nitrogens with one attached hydrogen (secondary N) is 1. The van der Waals surface area contributed by atoms with Crippen molar-refractivity contribution in [2.45, 2.75) is 26.1 Å². The van der Waals surface area contributed by atoms with Crippen LogP contribution in [0.25, 0.3) is 0 Å². The van der Waals surface area contributed by atoms with Crippen molar-refractivity contribution in [2.24, 2.45) is 11.5 Å². The summed E-state index contributed by atoms with van der Waals surface area (Å²) in [6, 6.07) is 0. The molecule has 0 aromatic rings. The van der Waals surface area contributed by atoms with E-state index in [2.05, 4.69) is 0 Å². The molecule has 2 rings (SSSR count). The van der Waals surface area contributed by atoms with Gasteiger partial charge < -0.3 is 21.3 Å². The molecule has 1 unspecified atom stereocenters. The van der Waals surface area contributed by atoms with Crippen molar-refractivity contribution in [3.8, 4) is 0 Å². The van der Waals surface area contributed by atoms with Crippen LogP contribution in [-0.2, 0) is 9.53 Å². The highest BCUT2D eigenvalue weighted by Crippen LogP contribution is 2.34. The Morgan fingerprint density at radius 2 is 1.95 bits per heavy atom. The van der Waals surface area contributed by atoms with Crippen molar-refractivity contribution >= 4 is 11.7 Å². The Balaban J connectivity index is 2.31. The molecule has 0 bridgehead atoms. The standard InChI is InChI=1S/C12H18N4O3/c1-2-19-8(17)5-16-11(15)9-6(13)3-4-7(14)10(9)12(16)18/h8,15,17H,2-5,13-14H2,1H3. The number of aliphatic hydroxyl groups excluding tert-OH is 1. The molecule has 1 atom stereocenters. The summed E-state index contributed by atoms with van der Waals surface area (Å²) in [7, 11) is 0. The van der Waals surface area contributed by atoms with Crippen LogP contribution in [0.2, 0.25) is 0 Å². The Bertz CT molecular complexity index is 457. The Morgan fingerprint density at radius 1 is 1.37 bits per heavy atom. The van der Waals surface area contributed by atoms with Crippen molar-refractivity contribution < 1.29 is 14.6 Å². The van der Waals surface area contributed by atoms with Gasteiger partial charge in [-0.1, -0.05) is 0 Å². The van der Waals surface area contributed by atoms with Gasteiger partial charge in [-0.05, 0) is 19.8 Å². The highest BCUT2D eigenvalue weighted by molar-refractivity contribution is 6.26. The maximum atomic E-state index is 12.2. The molecule has 7 heteroatoms. The predicted molar refractivity (Wildman–Crippen MR) is 68.7 cm³/mol. The third kappa shape index (κ3) is 2.22. The highest BCUT2D eigenvalue weighted by atomic mass is 16.6. The average Bonchev–Trinajstić information content (AvgIpc) is 2.60. The quantitative estimate of drug-likeness (QED) is 0.504. The Kier molecular flexibility index (Phi) is 3.59. The smallest absolute Gasteiger partial charge is 0.262 e. The molecular weight excluding hydrogens is 248 g/mol. The fourth-order valence-electron chi connectivity index (χ4n) is 2.30.